The molecule has 0 aromatic heterocycles. The number of hydrogen-bond acceptors (Lipinski definition) is 1. The van der Waals surface area contributed by atoms with Gasteiger partial charge in [0.25, 0.3) is 4.61 Å². The van der Waals surface area contributed by atoms with Gasteiger partial charge in [-0.05, 0) is 0 Å². The van der Waals surface area contributed by atoms with Crippen LogP contribution in [-0.2, 0) is 0 Å². The molecule has 7 heavy (non-hydrogen) atoms. The summed E-state index contributed by atoms with van der Waals surface area (Å²) in [5.41, 5.74) is 0. The van der Waals surface area contributed by atoms with E-state index in [1.807, 2.05) is 6.08 Å². The highest BCUT2D eigenvalue weighted by Crippen LogP contribution is 2.06. The second-order valence-corrected chi connectivity index (χ2v) is 1.82. The van der Waals surface area contributed by atoms with Crippen LogP contribution in [0.3, 0.4) is 0 Å². The van der Waals surface area contributed by atoms with E-state index < -0.39 is 0 Å². The summed E-state index contributed by atoms with van der Waals surface area (Å²) in [4.78, 5) is 3.84. The van der Waals surface area contributed by atoms with Gasteiger partial charge in [-0.2, -0.15) is 4.99 Å². The van der Waals surface area contributed by atoms with Crippen molar-refractivity contribution in [2.75, 3.05) is 0 Å². The molecular weight excluding hydrogens is 154 g/mol. The first-order chi connectivity index (χ1) is 3.39. The summed E-state index contributed by atoms with van der Waals surface area (Å²) in [6.07, 6.45) is 8.17. The third-order valence-corrected chi connectivity index (χ3v) is 1.01. The maximum absolute atomic E-state index is 3.84. The predicted octanol–water partition coefficient (Wildman–Crippen LogP) is 1.67. The van der Waals surface area contributed by atoms with Gasteiger partial charge in [0.15, 0.2) is 6.08 Å². The summed E-state index contributed by atoms with van der Waals surface area (Å²) in [5.74, 6) is 0. The maximum atomic E-state index is 3.84. The zero-order chi connectivity index (χ0) is 5.11. The van der Waals surface area contributed by atoms with Gasteiger partial charge < -0.3 is 0 Å². The number of nitrogens with zero attached hydrogens (tertiary/aromatic N) is 1. The van der Waals surface area contributed by atoms with Gasteiger partial charge >= 0.3 is 0 Å². The van der Waals surface area contributed by atoms with E-state index in [-0.39, 0.29) is 0 Å². The standard InChI is InChI=1S/C5H3BrN/c6-5-3-1-2-4-7-5/h1-2,4H/q+1. The van der Waals surface area contributed by atoms with Crippen LogP contribution in [0.2, 0.25) is 0 Å². The minimum atomic E-state index is 0.759. The first-order valence-electron chi connectivity index (χ1n) is 1.88. The van der Waals surface area contributed by atoms with Gasteiger partial charge in [-0.3, -0.25) is 0 Å². The van der Waals surface area contributed by atoms with E-state index in [1.54, 1.807) is 12.3 Å². The smallest absolute Gasteiger partial charge is 0.198 e. The molecule has 1 aliphatic rings. The molecule has 1 heterocycles. The lowest BCUT2D eigenvalue weighted by Crippen LogP contribution is -1.71. The quantitative estimate of drug-likeness (QED) is 0.374. The summed E-state index contributed by atoms with van der Waals surface area (Å²) < 4.78 is 0.759. The lowest BCUT2D eigenvalue weighted by atomic mass is 10.4. The topological polar surface area (TPSA) is 12.4 Å². The van der Waals surface area contributed by atoms with Gasteiger partial charge in [-0.15, -0.1) is 0 Å². The molecule has 0 spiro atoms. The van der Waals surface area contributed by atoms with Crippen molar-refractivity contribution < 1.29 is 0 Å². The molecular formula is C5H3BrN+. The fourth-order valence-corrected chi connectivity index (χ4v) is 0.556. The summed E-state index contributed by atoms with van der Waals surface area (Å²) in [6.45, 7) is 0. The number of allylic oxidation sites excluding steroid dienone is 3. The molecule has 1 aliphatic heterocycles. The minimum Gasteiger partial charge on any atom is -0.198 e. The lowest BCUT2D eigenvalue weighted by Gasteiger charge is -1.75. The van der Waals surface area contributed by atoms with Crippen molar-refractivity contribution in [3.8, 4) is 0 Å². The van der Waals surface area contributed by atoms with Crippen LogP contribution in [0.1, 0.15) is 0 Å². The molecule has 1 nitrogen and oxygen atoms in total. The van der Waals surface area contributed by atoms with E-state index in [9.17, 15) is 0 Å². The van der Waals surface area contributed by atoms with Gasteiger partial charge in [-0.25, -0.2) is 0 Å². The van der Waals surface area contributed by atoms with Crippen molar-refractivity contribution in [3.05, 3.63) is 22.8 Å². The van der Waals surface area contributed by atoms with Crippen LogP contribution < -0.4 is 0 Å². The Morgan fingerprint density at radius 3 is 2.86 bits per heavy atom. The van der Waals surface area contributed by atoms with Crippen molar-refractivity contribution in [2.45, 2.75) is 0 Å². The Morgan fingerprint density at radius 2 is 2.57 bits per heavy atom. The highest BCUT2D eigenvalue weighted by atomic mass is 79.9. The number of hydrogen-bond donors (Lipinski definition) is 0. The second kappa shape index (κ2) is 2.01. The molecule has 0 N–H and O–H groups in total. The fourth-order valence-electron chi connectivity index (χ4n) is 0.306. The Kier molecular flexibility index (Phi) is 1.35. The molecule has 0 saturated heterocycles. The van der Waals surface area contributed by atoms with Crippen LogP contribution in [0, 0.1) is 6.08 Å². The van der Waals surface area contributed by atoms with Crippen LogP contribution >= 0.6 is 15.9 Å². The first-order valence-corrected chi connectivity index (χ1v) is 2.67. The van der Waals surface area contributed by atoms with Gasteiger partial charge in [0, 0.05) is 15.9 Å². The van der Waals surface area contributed by atoms with Gasteiger partial charge in [0.2, 0.25) is 0 Å². The summed E-state index contributed by atoms with van der Waals surface area (Å²) in [6, 6.07) is 0. The Labute approximate surface area is 50.6 Å². The maximum Gasteiger partial charge on any atom is 0.253 e. The molecule has 0 aliphatic carbocycles. The van der Waals surface area contributed by atoms with Crippen LogP contribution in [0.5, 0.6) is 0 Å². The molecule has 0 radical (unpaired) electrons. The summed E-state index contributed by atoms with van der Waals surface area (Å²) >= 11 is 3.14. The van der Waals surface area contributed by atoms with Crippen molar-refractivity contribution >= 4 is 22.1 Å². The number of aliphatic imine (C=N–C) groups is 1. The van der Waals surface area contributed by atoms with Crippen molar-refractivity contribution in [1.29, 1.82) is 0 Å². The monoisotopic (exact) mass is 156 g/mol. The van der Waals surface area contributed by atoms with E-state index in [1.165, 1.54) is 0 Å². The molecule has 2 heteroatoms. The molecule has 0 aromatic carbocycles. The van der Waals surface area contributed by atoms with Crippen LogP contribution in [-0.4, -0.2) is 6.21 Å². The Balaban J connectivity index is 2.82. The van der Waals surface area contributed by atoms with E-state index in [2.05, 4.69) is 27.0 Å². The highest BCUT2D eigenvalue weighted by Gasteiger charge is 1.94. The third kappa shape index (κ3) is 1.22. The molecule has 0 aromatic rings. The van der Waals surface area contributed by atoms with Crippen LogP contribution in [0.4, 0.5) is 0 Å². The largest absolute Gasteiger partial charge is 0.253 e. The summed E-state index contributed by atoms with van der Waals surface area (Å²) in [5, 5.41) is 0. The fraction of sp³-hybridized carbons (Fsp3) is 0. The molecule has 0 fully saturated rings. The Hall–Kier alpha value is -0.460. The molecule has 0 unspecified atom stereocenters. The normalized spacial score (nSPS) is 15.9. The number of halogens is 1. The van der Waals surface area contributed by atoms with Crippen molar-refractivity contribution in [2.24, 2.45) is 4.99 Å². The predicted molar refractivity (Wildman–Crippen MR) is 33.3 cm³/mol. The SMILES string of the molecule is BrC1=[C+]C=CC=N1. The zero-order valence-electron chi connectivity index (χ0n) is 3.56. The van der Waals surface area contributed by atoms with E-state index in [0.29, 0.717) is 0 Å². The average Bonchev–Trinajstić information content (AvgIpc) is 1.69. The highest BCUT2D eigenvalue weighted by molar-refractivity contribution is 9.11. The molecule has 0 saturated carbocycles. The third-order valence-electron chi connectivity index (χ3n) is 0.573. The van der Waals surface area contributed by atoms with Gasteiger partial charge in [-0.1, -0.05) is 0 Å². The molecule has 0 atom stereocenters. The van der Waals surface area contributed by atoms with Gasteiger partial charge in [0.05, 0.1) is 6.08 Å². The molecule has 34 valence electrons. The summed E-state index contributed by atoms with van der Waals surface area (Å²) in [7, 11) is 0. The number of rotatable bonds is 0. The van der Waals surface area contributed by atoms with Crippen molar-refractivity contribution in [3.63, 3.8) is 0 Å². The van der Waals surface area contributed by atoms with Crippen LogP contribution in [0.25, 0.3) is 0 Å². The Morgan fingerprint density at radius 1 is 1.71 bits per heavy atom. The van der Waals surface area contributed by atoms with Crippen molar-refractivity contribution in [1.82, 2.24) is 0 Å². The van der Waals surface area contributed by atoms with E-state index in [4.69, 9.17) is 0 Å². The van der Waals surface area contributed by atoms with E-state index >= 15 is 0 Å². The molecule has 0 amide bonds. The lowest BCUT2D eigenvalue weighted by molar-refractivity contribution is 1.51. The average molecular weight is 157 g/mol. The zero-order valence-corrected chi connectivity index (χ0v) is 5.14. The van der Waals surface area contributed by atoms with Gasteiger partial charge in [0.1, 0.15) is 12.3 Å². The Bertz CT molecular complexity index is 144. The van der Waals surface area contributed by atoms with E-state index in [0.717, 1.165) is 4.61 Å². The van der Waals surface area contributed by atoms with Crippen LogP contribution in [0.15, 0.2) is 21.8 Å². The molecule has 1 rings (SSSR count). The molecule has 0 bridgehead atoms. The minimum absolute atomic E-state index is 0.759. The second-order valence-electron chi connectivity index (χ2n) is 1.07. The first kappa shape index (κ1) is 4.69.